The van der Waals surface area contributed by atoms with E-state index in [4.69, 9.17) is 4.74 Å². The van der Waals surface area contributed by atoms with Crippen molar-refractivity contribution in [2.24, 2.45) is 11.3 Å². The van der Waals surface area contributed by atoms with Gasteiger partial charge in [-0.25, -0.2) is 4.98 Å². The van der Waals surface area contributed by atoms with E-state index in [1.165, 1.54) is 25.7 Å². The van der Waals surface area contributed by atoms with Crippen molar-refractivity contribution in [3.05, 3.63) is 30.1 Å². The zero-order valence-electron chi connectivity index (χ0n) is 13.8. The number of aromatic nitrogens is 2. The third kappa shape index (κ3) is 2.04. The van der Waals surface area contributed by atoms with Gasteiger partial charge in [-0.3, -0.25) is 4.79 Å². The summed E-state index contributed by atoms with van der Waals surface area (Å²) in [6.07, 6.45) is 6.00. The van der Waals surface area contributed by atoms with Crippen molar-refractivity contribution in [1.82, 2.24) is 15.3 Å². The summed E-state index contributed by atoms with van der Waals surface area (Å²) in [6.45, 7) is 1.69. The molecule has 24 heavy (non-hydrogen) atoms. The third-order valence-electron chi connectivity index (χ3n) is 6.49. The molecule has 1 aromatic heterocycles. The van der Waals surface area contributed by atoms with Crippen LogP contribution in [0.3, 0.4) is 0 Å². The maximum atomic E-state index is 12.3. The molecule has 1 amide bonds. The van der Waals surface area contributed by atoms with Crippen LogP contribution in [0.4, 0.5) is 0 Å². The largest absolute Gasteiger partial charge is 0.374 e. The Morgan fingerprint density at radius 2 is 2.25 bits per heavy atom. The summed E-state index contributed by atoms with van der Waals surface area (Å²) in [5.74, 6) is 1.68. The van der Waals surface area contributed by atoms with Gasteiger partial charge in [0.1, 0.15) is 5.82 Å². The van der Waals surface area contributed by atoms with Crippen LogP contribution in [-0.2, 0) is 16.0 Å². The minimum absolute atomic E-state index is 0.101. The molecule has 126 valence electrons. The number of aryl methyl sites for hydroxylation is 1. The molecule has 1 aliphatic heterocycles. The Hall–Kier alpha value is -1.88. The number of nitrogens with zero attached hydrogens (tertiary/aromatic N) is 1. The van der Waals surface area contributed by atoms with Crippen LogP contribution in [0, 0.1) is 11.3 Å². The Morgan fingerprint density at radius 1 is 1.38 bits per heavy atom. The van der Waals surface area contributed by atoms with Crippen LogP contribution in [0.5, 0.6) is 0 Å². The summed E-state index contributed by atoms with van der Waals surface area (Å²) in [4.78, 5) is 20.1. The molecule has 1 spiro atoms. The lowest BCUT2D eigenvalue weighted by atomic mass is 9.68. The van der Waals surface area contributed by atoms with Gasteiger partial charge in [0, 0.05) is 24.8 Å². The van der Waals surface area contributed by atoms with Crippen LogP contribution in [0.25, 0.3) is 11.0 Å². The lowest BCUT2D eigenvalue weighted by molar-refractivity contribution is -0.125. The van der Waals surface area contributed by atoms with Crippen molar-refractivity contribution in [3.8, 4) is 0 Å². The Balaban J connectivity index is 1.17. The Kier molecular flexibility index (Phi) is 3.05. The maximum Gasteiger partial charge on any atom is 0.220 e. The Bertz CT molecular complexity index is 762. The molecule has 2 heterocycles. The van der Waals surface area contributed by atoms with Gasteiger partial charge in [0.25, 0.3) is 0 Å². The molecule has 2 aromatic rings. The molecule has 3 aliphatic rings. The molecule has 1 saturated heterocycles. The second kappa shape index (κ2) is 5.06. The molecule has 2 N–H and O–H groups in total. The number of carbonyl (C=O) groups excluding carboxylic acids is 1. The number of amides is 1. The zero-order valence-corrected chi connectivity index (χ0v) is 13.8. The number of imidazole rings is 1. The first-order valence-electron chi connectivity index (χ1n) is 9.05. The van der Waals surface area contributed by atoms with Crippen molar-refractivity contribution >= 4 is 16.9 Å². The minimum Gasteiger partial charge on any atom is -0.374 e. The number of rotatable bonds is 5. The lowest BCUT2D eigenvalue weighted by Gasteiger charge is -2.45. The first-order chi connectivity index (χ1) is 11.7. The molecule has 0 unspecified atom stereocenters. The standard InChI is InChI=1S/C19H23N3O2/c23-17(7-6-16-21-14-4-1-2-5-15(14)22-16)20-12-18-10-13(18)11-24-19(18)8-3-9-19/h1-2,4-5,13H,3,6-12H2,(H,20,23)(H,21,22)/t13-,18+/m0/s1. The van der Waals surface area contributed by atoms with Gasteiger partial charge in [0.2, 0.25) is 5.91 Å². The number of fused-ring (bicyclic) bond motifs is 3. The predicted octanol–water partition coefficient (Wildman–Crippen LogP) is 2.57. The Morgan fingerprint density at radius 3 is 3.00 bits per heavy atom. The average molecular weight is 325 g/mol. The molecule has 2 saturated carbocycles. The minimum atomic E-state index is 0.101. The number of para-hydroxylation sites is 2. The lowest BCUT2D eigenvalue weighted by Crippen LogP contribution is -2.50. The fourth-order valence-corrected chi connectivity index (χ4v) is 4.78. The number of H-pyrrole nitrogens is 1. The average Bonchev–Trinajstić information content (AvgIpc) is 2.97. The number of benzene rings is 1. The maximum absolute atomic E-state index is 12.3. The molecule has 2 atom stereocenters. The van der Waals surface area contributed by atoms with E-state index in [0.29, 0.717) is 18.8 Å². The van der Waals surface area contributed by atoms with Crippen molar-refractivity contribution in [2.45, 2.75) is 44.1 Å². The van der Waals surface area contributed by atoms with E-state index >= 15 is 0 Å². The van der Waals surface area contributed by atoms with Crippen LogP contribution in [0.1, 0.15) is 37.9 Å². The predicted molar refractivity (Wildman–Crippen MR) is 90.5 cm³/mol. The molecule has 0 radical (unpaired) electrons. The van der Waals surface area contributed by atoms with Crippen LogP contribution >= 0.6 is 0 Å². The summed E-state index contributed by atoms with van der Waals surface area (Å²) in [6, 6.07) is 7.96. The monoisotopic (exact) mass is 325 g/mol. The molecule has 1 aromatic carbocycles. The number of hydrogen-bond donors (Lipinski definition) is 2. The van der Waals surface area contributed by atoms with Crippen molar-refractivity contribution in [3.63, 3.8) is 0 Å². The van der Waals surface area contributed by atoms with E-state index in [-0.39, 0.29) is 16.9 Å². The smallest absolute Gasteiger partial charge is 0.220 e. The van der Waals surface area contributed by atoms with Gasteiger partial charge >= 0.3 is 0 Å². The third-order valence-corrected chi connectivity index (χ3v) is 6.49. The number of aromatic amines is 1. The van der Waals surface area contributed by atoms with Crippen LogP contribution in [0.2, 0.25) is 0 Å². The molecule has 5 heteroatoms. The van der Waals surface area contributed by atoms with Gasteiger partial charge in [0.15, 0.2) is 0 Å². The summed E-state index contributed by atoms with van der Waals surface area (Å²) in [5, 5.41) is 3.17. The van der Waals surface area contributed by atoms with Crippen molar-refractivity contribution in [2.75, 3.05) is 13.2 Å². The molecule has 0 bridgehead atoms. The number of hydrogen-bond acceptors (Lipinski definition) is 3. The molecule has 3 fully saturated rings. The number of carbonyl (C=O) groups is 1. The molecular formula is C19H23N3O2. The summed E-state index contributed by atoms with van der Waals surface area (Å²) in [7, 11) is 0. The van der Waals surface area contributed by atoms with Gasteiger partial charge < -0.3 is 15.0 Å². The molecule has 5 rings (SSSR count). The van der Waals surface area contributed by atoms with Crippen LogP contribution in [-0.4, -0.2) is 34.6 Å². The van der Waals surface area contributed by atoms with Gasteiger partial charge in [-0.05, 0) is 43.7 Å². The second-order valence-electron chi connectivity index (χ2n) is 7.69. The van der Waals surface area contributed by atoms with Gasteiger partial charge in [-0.15, -0.1) is 0 Å². The molecular weight excluding hydrogens is 302 g/mol. The van der Waals surface area contributed by atoms with E-state index < -0.39 is 0 Å². The van der Waals surface area contributed by atoms with E-state index in [1.807, 2.05) is 24.3 Å². The van der Waals surface area contributed by atoms with E-state index in [0.717, 1.165) is 30.0 Å². The second-order valence-corrected chi connectivity index (χ2v) is 7.69. The summed E-state index contributed by atoms with van der Waals surface area (Å²) >= 11 is 0. The Labute approximate surface area is 141 Å². The number of nitrogens with one attached hydrogen (secondary N) is 2. The zero-order chi connectivity index (χ0) is 16.2. The van der Waals surface area contributed by atoms with E-state index in [2.05, 4.69) is 15.3 Å². The quantitative estimate of drug-likeness (QED) is 0.888. The normalized spacial score (nSPS) is 29.4. The summed E-state index contributed by atoms with van der Waals surface area (Å²) < 4.78 is 6.07. The van der Waals surface area contributed by atoms with Crippen LogP contribution < -0.4 is 5.32 Å². The highest BCUT2D eigenvalue weighted by Gasteiger charge is 2.73. The van der Waals surface area contributed by atoms with Crippen molar-refractivity contribution in [1.29, 1.82) is 0 Å². The highest BCUT2D eigenvalue weighted by Crippen LogP contribution is 2.70. The highest BCUT2D eigenvalue weighted by atomic mass is 16.5. The van der Waals surface area contributed by atoms with E-state index in [9.17, 15) is 4.79 Å². The van der Waals surface area contributed by atoms with Gasteiger partial charge in [-0.2, -0.15) is 0 Å². The van der Waals surface area contributed by atoms with Gasteiger partial charge in [0.05, 0.1) is 23.2 Å². The topological polar surface area (TPSA) is 67.0 Å². The van der Waals surface area contributed by atoms with E-state index in [1.54, 1.807) is 0 Å². The highest BCUT2D eigenvalue weighted by molar-refractivity contribution is 5.77. The summed E-state index contributed by atoms with van der Waals surface area (Å²) in [5.41, 5.74) is 2.34. The number of ether oxygens (including phenoxy) is 1. The first kappa shape index (κ1) is 14.5. The van der Waals surface area contributed by atoms with Crippen molar-refractivity contribution < 1.29 is 9.53 Å². The van der Waals surface area contributed by atoms with Gasteiger partial charge in [-0.1, -0.05) is 12.1 Å². The fraction of sp³-hybridized carbons (Fsp3) is 0.579. The SMILES string of the molecule is O=C(CCc1nc2ccccc2[nH]1)NC[C@]12C[C@H]1COC21CCC1. The van der Waals surface area contributed by atoms with Crippen LogP contribution in [0.15, 0.2) is 24.3 Å². The fourth-order valence-electron chi connectivity index (χ4n) is 4.78. The molecule has 5 nitrogen and oxygen atoms in total. The molecule has 2 aliphatic carbocycles. The first-order valence-corrected chi connectivity index (χ1v) is 9.05.